The molecule has 178 valence electrons. The van der Waals surface area contributed by atoms with E-state index in [0.29, 0.717) is 17.7 Å². The van der Waals surface area contributed by atoms with Crippen molar-refractivity contribution in [3.8, 4) is 0 Å². The monoisotopic (exact) mass is 464 g/mol. The average Bonchev–Trinajstić information content (AvgIpc) is 3.32. The van der Waals surface area contributed by atoms with Crippen LogP contribution in [-0.2, 0) is 13.7 Å². The molecule has 1 aliphatic carbocycles. The van der Waals surface area contributed by atoms with Crippen LogP contribution in [0.3, 0.4) is 0 Å². The maximum atomic E-state index is 7.12. The van der Waals surface area contributed by atoms with Gasteiger partial charge in [0.05, 0.1) is 11.2 Å². The Kier molecular flexibility index (Phi) is 6.50. The Morgan fingerprint density at radius 1 is 0.848 bits per heavy atom. The van der Waals surface area contributed by atoms with Gasteiger partial charge in [-0.1, -0.05) is 88.4 Å². The highest BCUT2D eigenvalue weighted by atomic mass is 28.4. The molecule has 1 saturated carbocycles. The molecule has 0 aromatic heterocycles. The zero-order valence-electron chi connectivity index (χ0n) is 21.7. The van der Waals surface area contributed by atoms with Crippen LogP contribution < -0.4 is 10.4 Å². The van der Waals surface area contributed by atoms with E-state index in [1.54, 1.807) is 0 Å². The van der Waals surface area contributed by atoms with Gasteiger partial charge in [0.1, 0.15) is 0 Å². The van der Waals surface area contributed by atoms with Crippen LogP contribution in [-0.4, -0.2) is 33.2 Å². The van der Waals surface area contributed by atoms with Crippen molar-refractivity contribution >= 4 is 25.8 Å². The Balaban J connectivity index is 1.52. The maximum absolute atomic E-state index is 7.12. The number of hydrogen-bond donors (Lipinski definition) is 0. The van der Waals surface area contributed by atoms with Crippen LogP contribution in [0.1, 0.15) is 61.8 Å². The fourth-order valence-corrected chi connectivity index (χ4v) is 10.2. The van der Waals surface area contributed by atoms with Gasteiger partial charge in [-0.2, -0.15) is 0 Å². The van der Waals surface area contributed by atoms with Crippen LogP contribution in [0.25, 0.3) is 0 Å². The van der Waals surface area contributed by atoms with Gasteiger partial charge in [-0.25, -0.2) is 0 Å². The molecule has 0 bridgehead atoms. The molecule has 33 heavy (non-hydrogen) atoms. The van der Waals surface area contributed by atoms with E-state index in [1.165, 1.54) is 10.4 Å². The van der Waals surface area contributed by atoms with Crippen LogP contribution in [0.4, 0.5) is 0 Å². The summed E-state index contributed by atoms with van der Waals surface area (Å²) in [6.07, 6.45) is 1.04. The SMILES string of the molecule is C[C@@H]1[C@H](CCO[Si](c2ccccc2)(c2ccccc2)C(C)(C)C)[C@H]1B1OC(C)(C)C(C)(C)O1. The Labute approximate surface area is 202 Å². The molecule has 4 rings (SSSR count). The summed E-state index contributed by atoms with van der Waals surface area (Å²) in [4.78, 5) is 0. The van der Waals surface area contributed by atoms with Gasteiger partial charge in [-0.05, 0) is 67.2 Å². The summed E-state index contributed by atoms with van der Waals surface area (Å²) in [5.74, 6) is 1.63. The van der Waals surface area contributed by atoms with Crippen molar-refractivity contribution in [1.82, 2.24) is 0 Å². The van der Waals surface area contributed by atoms with Crippen LogP contribution in [0.5, 0.6) is 0 Å². The Hall–Kier alpha value is -1.40. The van der Waals surface area contributed by atoms with Crippen LogP contribution in [0.2, 0.25) is 10.9 Å². The van der Waals surface area contributed by atoms with Crippen molar-refractivity contribution in [1.29, 1.82) is 0 Å². The summed E-state index contributed by atoms with van der Waals surface area (Å²) in [6, 6.07) is 21.8. The second kappa shape index (κ2) is 8.67. The lowest BCUT2D eigenvalue weighted by Crippen LogP contribution is -2.66. The zero-order valence-corrected chi connectivity index (χ0v) is 22.7. The van der Waals surface area contributed by atoms with Crippen molar-refractivity contribution in [2.75, 3.05) is 6.61 Å². The second-order valence-electron chi connectivity index (χ2n) is 12.0. The Morgan fingerprint density at radius 2 is 1.30 bits per heavy atom. The van der Waals surface area contributed by atoms with E-state index in [9.17, 15) is 0 Å². The average molecular weight is 465 g/mol. The summed E-state index contributed by atoms with van der Waals surface area (Å²) in [5.41, 5.74) is -0.536. The lowest BCUT2D eigenvalue weighted by molar-refractivity contribution is 0.00578. The molecule has 1 heterocycles. The van der Waals surface area contributed by atoms with Gasteiger partial charge in [-0.15, -0.1) is 0 Å². The molecule has 2 fully saturated rings. The third kappa shape index (κ3) is 4.38. The molecule has 1 aliphatic heterocycles. The van der Waals surface area contributed by atoms with E-state index in [0.717, 1.165) is 13.0 Å². The first-order chi connectivity index (χ1) is 15.4. The molecule has 2 aromatic rings. The predicted molar refractivity (Wildman–Crippen MR) is 141 cm³/mol. The number of hydrogen-bond acceptors (Lipinski definition) is 3. The number of rotatable bonds is 7. The normalized spacial score (nSPS) is 26.4. The third-order valence-electron chi connectivity index (χ3n) is 8.41. The zero-order chi connectivity index (χ0) is 24.1. The first-order valence-electron chi connectivity index (χ1n) is 12.5. The molecule has 2 aromatic carbocycles. The highest BCUT2D eigenvalue weighted by Gasteiger charge is 2.63. The van der Waals surface area contributed by atoms with E-state index in [2.05, 4.69) is 116 Å². The molecule has 3 nitrogen and oxygen atoms in total. The molecule has 0 radical (unpaired) electrons. The van der Waals surface area contributed by atoms with Crippen LogP contribution in [0, 0.1) is 11.8 Å². The highest BCUT2D eigenvalue weighted by molar-refractivity contribution is 6.99. The lowest BCUT2D eigenvalue weighted by atomic mass is 9.79. The molecule has 2 aliphatic rings. The predicted octanol–water partition coefficient (Wildman–Crippen LogP) is 5.68. The summed E-state index contributed by atoms with van der Waals surface area (Å²) in [5, 5.41) is 2.70. The molecule has 3 atom stereocenters. The van der Waals surface area contributed by atoms with Crippen molar-refractivity contribution in [3.05, 3.63) is 60.7 Å². The molecule has 5 heteroatoms. The molecule has 0 amide bonds. The fourth-order valence-electron chi connectivity index (χ4n) is 5.64. The molecular formula is C28H41BO3Si. The summed E-state index contributed by atoms with van der Waals surface area (Å²) >= 11 is 0. The molecule has 1 saturated heterocycles. The van der Waals surface area contributed by atoms with E-state index in [1.807, 2.05) is 0 Å². The lowest BCUT2D eigenvalue weighted by Gasteiger charge is -2.43. The van der Waals surface area contributed by atoms with Crippen LogP contribution >= 0.6 is 0 Å². The maximum Gasteiger partial charge on any atom is 0.461 e. The first-order valence-corrected chi connectivity index (χ1v) is 14.4. The molecule has 0 unspecified atom stereocenters. The largest absolute Gasteiger partial charge is 0.461 e. The fraction of sp³-hybridized carbons (Fsp3) is 0.571. The minimum Gasteiger partial charge on any atom is -0.407 e. The third-order valence-corrected chi connectivity index (χ3v) is 13.5. The molecular weight excluding hydrogens is 423 g/mol. The van der Waals surface area contributed by atoms with Crippen molar-refractivity contribution in [2.45, 2.75) is 83.9 Å². The van der Waals surface area contributed by atoms with E-state index in [-0.39, 0.29) is 23.4 Å². The minimum atomic E-state index is -2.47. The molecule has 0 N–H and O–H groups in total. The summed E-state index contributed by atoms with van der Waals surface area (Å²) < 4.78 is 19.9. The van der Waals surface area contributed by atoms with Crippen molar-refractivity contribution in [2.24, 2.45) is 11.8 Å². The highest BCUT2D eigenvalue weighted by Crippen LogP contribution is 2.59. The Morgan fingerprint density at radius 3 is 1.73 bits per heavy atom. The Bertz CT molecular complexity index is 883. The van der Waals surface area contributed by atoms with Gasteiger partial charge in [0.2, 0.25) is 0 Å². The van der Waals surface area contributed by atoms with Gasteiger partial charge < -0.3 is 13.7 Å². The van der Waals surface area contributed by atoms with Gasteiger partial charge in [0.15, 0.2) is 0 Å². The first kappa shape index (κ1) is 24.7. The summed E-state index contributed by atoms with van der Waals surface area (Å²) in [7, 11) is -2.58. The van der Waals surface area contributed by atoms with Gasteiger partial charge in [0.25, 0.3) is 8.32 Å². The standard InChI is InChI=1S/C28H41BO3Si/c1-21-24(25(21)29-31-27(5,6)28(7,8)32-29)19-20-30-33(26(2,3)4,22-15-11-9-12-16-22)23-17-13-10-14-18-23/h9-18,21,24-25H,19-20H2,1-8H3/t21-,24+,25+/m1/s1. The number of benzene rings is 2. The second-order valence-corrected chi connectivity index (χ2v) is 16.3. The van der Waals surface area contributed by atoms with E-state index in [4.69, 9.17) is 13.7 Å². The van der Waals surface area contributed by atoms with Gasteiger partial charge in [-0.3, -0.25) is 0 Å². The van der Waals surface area contributed by atoms with E-state index >= 15 is 0 Å². The van der Waals surface area contributed by atoms with Crippen molar-refractivity contribution in [3.63, 3.8) is 0 Å². The van der Waals surface area contributed by atoms with E-state index < -0.39 is 8.32 Å². The smallest absolute Gasteiger partial charge is 0.407 e. The minimum absolute atomic E-state index is 0.00992. The topological polar surface area (TPSA) is 27.7 Å². The van der Waals surface area contributed by atoms with Crippen LogP contribution in [0.15, 0.2) is 60.7 Å². The van der Waals surface area contributed by atoms with Gasteiger partial charge >= 0.3 is 7.12 Å². The van der Waals surface area contributed by atoms with Crippen molar-refractivity contribution < 1.29 is 13.7 Å². The van der Waals surface area contributed by atoms with Gasteiger partial charge in [0, 0.05) is 6.61 Å². The summed E-state index contributed by atoms with van der Waals surface area (Å²) in [6.45, 7) is 18.7. The molecule has 0 spiro atoms. The quantitative estimate of drug-likeness (QED) is 0.494.